The largest absolute Gasteiger partial charge is 0.481 e. The summed E-state index contributed by atoms with van der Waals surface area (Å²) in [5.74, 6) is -1.47. The van der Waals surface area contributed by atoms with Crippen LogP contribution in [0.3, 0.4) is 0 Å². The summed E-state index contributed by atoms with van der Waals surface area (Å²) < 4.78 is 5.09. The van der Waals surface area contributed by atoms with Crippen LogP contribution in [0.2, 0.25) is 0 Å². The minimum Gasteiger partial charge on any atom is -0.481 e. The van der Waals surface area contributed by atoms with Crippen molar-refractivity contribution in [1.29, 1.82) is 0 Å². The summed E-state index contributed by atoms with van der Waals surface area (Å²) >= 11 is 0. The molecule has 0 radical (unpaired) electrons. The van der Waals surface area contributed by atoms with Crippen LogP contribution in [0.15, 0.2) is 0 Å². The fourth-order valence-electron chi connectivity index (χ4n) is 1.10. The van der Waals surface area contributed by atoms with Crippen LogP contribution in [0.25, 0.3) is 0 Å². The fraction of sp³-hybridized carbons (Fsp3) is 0.800. The second kappa shape index (κ2) is 7.23. The summed E-state index contributed by atoms with van der Waals surface area (Å²) in [6, 6.07) is -0.832. The lowest BCUT2D eigenvalue weighted by Gasteiger charge is -2.17. The van der Waals surface area contributed by atoms with Crippen molar-refractivity contribution >= 4 is 11.9 Å². The second-order valence-electron chi connectivity index (χ2n) is 3.41. The Labute approximate surface area is 89.6 Å². The summed E-state index contributed by atoms with van der Waals surface area (Å²) in [5.41, 5.74) is 5.49. The molecular formula is C10H19NO4. The summed E-state index contributed by atoms with van der Waals surface area (Å²) in [4.78, 5) is 21.6. The summed E-state index contributed by atoms with van der Waals surface area (Å²) in [6.45, 7) is 3.84. The number of aliphatic carboxylic acids is 1. The molecule has 0 heterocycles. The number of hydrogen-bond donors (Lipinski definition) is 2. The van der Waals surface area contributed by atoms with E-state index in [1.165, 1.54) is 0 Å². The molecule has 0 rings (SSSR count). The standard InChI is InChI=1S/C10H19NO4/c1-3-7(4-2)15-10(14)8(11)5-6-9(12)13/h7-8H,3-6,11H2,1-2H3,(H,12,13)/t8-/m0/s1. The topological polar surface area (TPSA) is 89.6 Å². The molecule has 0 spiro atoms. The molecule has 0 aromatic carbocycles. The maximum atomic E-state index is 11.3. The molecule has 0 saturated carbocycles. The van der Waals surface area contributed by atoms with E-state index in [0.717, 1.165) is 12.8 Å². The minimum absolute atomic E-state index is 0.112. The number of carboxylic acids is 1. The van der Waals surface area contributed by atoms with Gasteiger partial charge in [0.25, 0.3) is 0 Å². The predicted octanol–water partition coefficient (Wildman–Crippen LogP) is 0.910. The maximum absolute atomic E-state index is 11.3. The lowest BCUT2D eigenvalue weighted by molar-refractivity contribution is -0.151. The minimum atomic E-state index is -0.958. The second-order valence-corrected chi connectivity index (χ2v) is 3.41. The third-order valence-corrected chi connectivity index (χ3v) is 2.17. The molecule has 0 bridgehead atoms. The summed E-state index contributed by atoms with van der Waals surface area (Å²) in [5, 5.41) is 8.41. The van der Waals surface area contributed by atoms with Gasteiger partial charge in [0.05, 0.1) is 0 Å². The first kappa shape index (κ1) is 13.9. The monoisotopic (exact) mass is 217 g/mol. The molecule has 15 heavy (non-hydrogen) atoms. The smallest absolute Gasteiger partial charge is 0.323 e. The Bertz CT molecular complexity index is 213. The fourth-order valence-corrected chi connectivity index (χ4v) is 1.10. The van der Waals surface area contributed by atoms with Crippen LogP contribution < -0.4 is 5.73 Å². The predicted molar refractivity (Wildman–Crippen MR) is 55.3 cm³/mol. The van der Waals surface area contributed by atoms with Crippen LogP contribution >= 0.6 is 0 Å². The Balaban J connectivity index is 3.92. The highest BCUT2D eigenvalue weighted by Crippen LogP contribution is 2.06. The van der Waals surface area contributed by atoms with Crippen LogP contribution in [0, 0.1) is 0 Å². The van der Waals surface area contributed by atoms with Gasteiger partial charge in [-0.3, -0.25) is 9.59 Å². The Kier molecular flexibility index (Phi) is 6.70. The average Bonchev–Trinajstić information content (AvgIpc) is 2.21. The zero-order valence-electron chi connectivity index (χ0n) is 9.23. The van der Waals surface area contributed by atoms with Crippen molar-refractivity contribution in [2.24, 2.45) is 5.73 Å². The van der Waals surface area contributed by atoms with Crippen molar-refractivity contribution in [3.63, 3.8) is 0 Å². The van der Waals surface area contributed by atoms with E-state index in [0.29, 0.717) is 0 Å². The number of rotatable bonds is 7. The van der Waals surface area contributed by atoms with Crippen LogP contribution in [-0.4, -0.2) is 29.2 Å². The number of carbonyl (C=O) groups excluding carboxylic acids is 1. The van der Waals surface area contributed by atoms with Crippen LogP contribution in [0.1, 0.15) is 39.5 Å². The van der Waals surface area contributed by atoms with Crippen LogP contribution in [0.4, 0.5) is 0 Å². The molecule has 5 heteroatoms. The molecule has 0 saturated heterocycles. The van der Waals surface area contributed by atoms with E-state index >= 15 is 0 Å². The van der Waals surface area contributed by atoms with E-state index in [2.05, 4.69) is 0 Å². The number of carboxylic acid groups (broad SMARTS) is 1. The number of nitrogens with two attached hydrogens (primary N) is 1. The van der Waals surface area contributed by atoms with Gasteiger partial charge in [0, 0.05) is 6.42 Å². The molecule has 0 fully saturated rings. The van der Waals surface area contributed by atoms with E-state index < -0.39 is 18.0 Å². The van der Waals surface area contributed by atoms with E-state index in [1.807, 2.05) is 13.8 Å². The normalized spacial score (nSPS) is 12.5. The van der Waals surface area contributed by atoms with Gasteiger partial charge in [-0.15, -0.1) is 0 Å². The Morgan fingerprint density at radius 1 is 1.33 bits per heavy atom. The molecule has 3 N–H and O–H groups in total. The molecule has 0 amide bonds. The van der Waals surface area contributed by atoms with Gasteiger partial charge in [0.1, 0.15) is 12.1 Å². The van der Waals surface area contributed by atoms with E-state index in [-0.39, 0.29) is 18.9 Å². The number of hydrogen-bond acceptors (Lipinski definition) is 4. The number of carbonyl (C=O) groups is 2. The van der Waals surface area contributed by atoms with Gasteiger partial charge in [-0.1, -0.05) is 13.8 Å². The summed E-state index contributed by atoms with van der Waals surface area (Å²) in [7, 11) is 0. The molecular weight excluding hydrogens is 198 g/mol. The molecule has 88 valence electrons. The van der Waals surface area contributed by atoms with Crippen molar-refractivity contribution in [3.05, 3.63) is 0 Å². The molecule has 1 atom stereocenters. The Morgan fingerprint density at radius 3 is 2.27 bits per heavy atom. The highest BCUT2D eigenvalue weighted by Gasteiger charge is 2.19. The first-order chi connectivity index (χ1) is 7.01. The van der Waals surface area contributed by atoms with Gasteiger partial charge in [-0.2, -0.15) is 0 Å². The lowest BCUT2D eigenvalue weighted by atomic mass is 10.1. The number of esters is 1. The average molecular weight is 217 g/mol. The summed E-state index contributed by atoms with van der Waals surface area (Å²) in [6.07, 6.45) is 1.38. The molecule has 5 nitrogen and oxygen atoms in total. The third kappa shape index (κ3) is 6.06. The maximum Gasteiger partial charge on any atom is 0.323 e. The van der Waals surface area contributed by atoms with Gasteiger partial charge >= 0.3 is 11.9 Å². The quantitative estimate of drug-likeness (QED) is 0.619. The molecule has 0 aliphatic heterocycles. The van der Waals surface area contributed by atoms with E-state index in [1.54, 1.807) is 0 Å². The van der Waals surface area contributed by atoms with Gasteiger partial charge in [0.15, 0.2) is 0 Å². The van der Waals surface area contributed by atoms with Crippen LogP contribution in [-0.2, 0) is 14.3 Å². The van der Waals surface area contributed by atoms with Crippen molar-refractivity contribution in [3.8, 4) is 0 Å². The first-order valence-corrected chi connectivity index (χ1v) is 5.19. The lowest BCUT2D eigenvalue weighted by Crippen LogP contribution is -2.35. The van der Waals surface area contributed by atoms with Crippen molar-refractivity contribution in [2.45, 2.75) is 51.7 Å². The zero-order valence-corrected chi connectivity index (χ0v) is 9.23. The Morgan fingerprint density at radius 2 is 1.87 bits per heavy atom. The van der Waals surface area contributed by atoms with Crippen molar-refractivity contribution < 1.29 is 19.4 Å². The van der Waals surface area contributed by atoms with Crippen LogP contribution in [0.5, 0.6) is 0 Å². The first-order valence-electron chi connectivity index (χ1n) is 5.19. The van der Waals surface area contributed by atoms with Gasteiger partial charge in [0.2, 0.25) is 0 Å². The molecule has 0 aliphatic carbocycles. The SMILES string of the molecule is CCC(CC)OC(=O)[C@@H](N)CCC(=O)O. The van der Waals surface area contributed by atoms with E-state index in [4.69, 9.17) is 15.6 Å². The highest BCUT2D eigenvalue weighted by atomic mass is 16.5. The highest BCUT2D eigenvalue weighted by molar-refractivity contribution is 5.76. The Hall–Kier alpha value is -1.10. The van der Waals surface area contributed by atoms with Gasteiger partial charge in [-0.25, -0.2) is 0 Å². The third-order valence-electron chi connectivity index (χ3n) is 2.17. The van der Waals surface area contributed by atoms with Gasteiger partial charge in [-0.05, 0) is 19.3 Å². The van der Waals surface area contributed by atoms with Crippen molar-refractivity contribution in [2.75, 3.05) is 0 Å². The molecule has 0 aliphatic rings. The molecule has 0 unspecified atom stereocenters. The molecule has 0 aromatic rings. The molecule has 0 aromatic heterocycles. The number of ether oxygens (including phenoxy) is 1. The van der Waals surface area contributed by atoms with E-state index in [9.17, 15) is 9.59 Å². The van der Waals surface area contributed by atoms with Crippen molar-refractivity contribution in [1.82, 2.24) is 0 Å². The zero-order chi connectivity index (χ0) is 11.8. The van der Waals surface area contributed by atoms with Gasteiger partial charge < -0.3 is 15.6 Å².